The molecule has 14 heavy (non-hydrogen) atoms. The summed E-state index contributed by atoms with van der Waals surface area (Å²) in [6.45, 7) is 2.39. The molecule has 0 saturated carbocycles. The second-order valence-corrected chi connectivity index (χ2v) is 4.61. The van der Waals surface area contributed by atoms with Gasteiger partial charge in [0.25, 0.3) is 0 Å². The van der Waals surface area contributed by atoms with Crippen molar-refractivity contribution in [3.63, 3.8) is 0 Å². The molecule has 1 aliphatic heterocycles. The van der Waals surface area contributed by atoms with Crippen LogP contribution in [0, 0.1) is 0 Å². The number of β-amino-alcohol motifs (C(OH)–C–C–N with tert-alkyl or cyclic N) is 1. The van der Waals surface area contributed by atoms with Gasteiger partial charge in [0.05, 0.1) is 12.6 Å². The quantitative estimate of drug-likeness (QED) is 0.736. The molecule has 0 aromatic carbocycles. The molecule has 1 saturated heterocycles. The van der Waals surface area contributed by atoms with Crippen molar-refractivity contribution in [2.75, 3.05) is 20.1 Å². The number of likely N-dealkylation sites (N-methyl/N-ethyl adjacent to an activating group) is 1. The molecule has 2 heterocycles. The summed E-state index contributed by atoms with van der Waals surface area (Å²) in [7, 11) is 2.03. The van der Waals surface area contributed by atoms with Gasteiger partial charge in [-0.2, -0.15) is 0 Å². The minimum absolute atomic E-state index is 0.221. The van der Waals surface area contributed by atoms with Crippen LogP contribution in [0.4, 0.5) is 0 Å². The van der Waals surface area contributed by atoms with Crippen LogP contribution in [0.15, 0.2) is 11.6 Å². The lowest BCUT2D eigenvalue weighted by Crippen LogP contribution is -2.40. The number of aliphatic hydroxyl groups excluding tert-OH is 1. The molecule has 78 valence electrons. The Labute approximate surface area is 87.6 Å². The van der Waals surface area contributed by atoms with Gasteiger partial charge in [0.15, 0.2) is 0 Å². The second kappa shape index (κ2) is 4.35. The van der Waals surface area contributed by atoms with Crippen molar-refractivity contribution in [3.05, 3.63) is 16.6 Å². The fourth-order valence-corrected chi connectivity index (χ4v) is 2.44. The second-order valence-electron chi connectivity index (χ2n) is 3.63. The van der Waals surface area contributed by atoms with Gasteiger partial charge in [-0.15, -0.1) is 11.3 Å². The lowest BCUT2D eigenvalue weighted by atomic mass is 10.2. The fraction of sp³-hybridized carbons (Fsp3) is 0.667. The lowest BCUT2D eigenvalue weighted by molar-refractivity contribution is 0.0955. The van der Waals surface area contributed by atoms with Gasteiger partial charge in [-0.3, -0.25) is 4.90 Å². The molecule has 1 aromatic rings. The maximum absolute atomic E-state index is 9.67. The largest absolute Gasteiger partial charge is 0.390 e. The van der Waals surface area contributed by atoms with E-state index >= 15 is 0 Å². The molecule has 0 bridgehead atoms. The normalized spacial score (nSPS) is 27.4. The molecular formula is C9H15N3OS. The first-order valence-electron chi connectivity index (χ1n) is 4.75. The van der Waals surface area contributed by atoms with Crippen molar-refractivity contribution in [2.24, 2.45) is 0 Å². The van der Waals surface area contributed by atoms with Gasteiger partial charge in [-0.1, -0.05) is 0 Å². The predicted molar refractivity (Wildman–Crippen MR) is 56.2 cm³/mol. The highest BCUT2D eigenvalue weighted by molar-refractivity contribution is 7.09. The summed E-state index contributed by atoms with van der Waals surface area (Å²) in [5, 5.41) is 15.9. The SMILES string of the molecule is CN(Cc1nccs1)[C@@H]1CNC[C@H]1O. The minimum Gasteiger partial charge on any atom is -0.390 e. The Morgan fingerprint density at radius 3 is 3.14 bits per heavy atom. The van der Waals surface area contributed by atoms with Gasteiger partial charge in [0.2, 0.25) is 0 Å². The maximum atomic E-state index is 9.67. The third kappa shape index (κ3) is 2.12. The third-order valence-electron chi connectivity index (χ3n) is 2.59. The van der Waals surface area contributed by atoms with Gasteiger partial charge in [-0.05, 0) is 7.05 Å². The van der Waals surface area contributed by atoms with Crippen molar-refractivity contribution in [1.29, 1.82) is 0 Å². The van der Waals surface area contributed by atoms with E-state index in [1.54, 1.807) is 11.3 Å². The van der Waals surface area contributed by atoms with E-state index in [-0.39, 0.29) is 12.1 Å². The highest BCUT2D eigenvalue weighted by Crippen LogP contribution is 2.13. The number of aliphatic hydroxyl groups is 1. The van der Waals surface area contributed by atoms with Gasteiger partial charge in [0.1, 0.15) is 5.01 Å². The standard InChI is InChI=1S/C9H15N3OS/c1-12(6-9-11-2-3-14-9)7-4-10-5-8(7)13/h2-3,7-8,10,13H,4-6H2,1H3/t7-,8-/m1/s1. The topological polar surface area (TPSA) is 48.4 Å². The number of aromatic nitrogens is 1. The summed E-state index contributed by atoms with van der Waals surface area (Å²) in [6.07, 6.45) is 1.57. The number of rotatable bonds is 3. The molecule has 4 nitrogen and oxygen atoms in total. The van der Waals surface area contributed by atoms with Crippen molar-refractivity contribution >= 4 is 11.3 Å². The minimum atomic E-state index is -0.250. The monoisotopic (exact) mass is 213 g/mol. The molecule has 0 aliphatic carbocycles. The van der Waals surface area contributed by atoms with Crippen LogP contribution < -0.4 is 5.32 Å². The highest BCUT2D eigenvalue weighted by Gasteiger charge is 2.28. The van der Waals surface area contributed by atoms with Crippen molar-refractivity contribution < 1.29 is 5.11 Å². The van der Waals surface area contributed by atoms with Crippen LogP contribution >= 0.6 is 11.3 Å². The number of hydrogen-bond acceptors (Lipinski definition) is 5. The molecule has 1 aromatic heterocycles. The maximum Gasteiger partial charge on any atom is 0.107 e. The molecule has 5 heteroatoms. The average Bonchev–Trinajstić information content (AvgIpc) is 2.75. The first-order valence-corrected chi connectivity index (χ1v) is 5.62. The Morgan fingerprint density at radius 1 is 1.71 bits per heavy atom. The Bertz CT molecular complexity index is 278. The summed E-state index contributed by atoms with van der Waals surface area (Å²) >= 11 is 1.66. The Balaban J connectivity index is 1.92. The lowest BCUT2D eigenvalue weighted by Gasteiger charge is -2.24. The molecule has 2 atom stereocenters. The molecule has 0 unspecified atom stereocenters. The van der Waals surface area contributed by atoms with Crippen LogP contribution in [0.5, 0.6) is 0 Å². The zero-order chi connectivity index (χ0) is 9.97. The third-order valence-corrected chi connectivity index (χ3v) is 3.35. The molecule has 1 aliphatic rings. The van der Waals surface area contributed by atoms with Crippen LogP contribution in [-0.2, 0) is 6.54 Å². The van der Waals surface area contributed by atoms with Crippen LogP contribution in [0.25, 0.3) is 0 Å². The van der Waals surface area contributed by atoms with E-state index in [0.717, 1.165) is 18.1 Å². The average molecular weight is 213 g/mol. The van der Waals surface area contributed by atoms with Crippen LogP contribution in [0.1, 0.15) is 5.01 Å². The number of nitrogens with zero attached hydrogens (tertiary/aromatic N) is 2. The number of hydrogen-bond donors (Lipinski definition) is 2. The Kier molecular flexibility index (Phi) is 3.12. The van der Waals surface area contributed by atoms with Crippen molar-refractivity contribution in [2.45, 2.75) is 18.7 Å². The predicted octanol–water partition coefficient (Wildman–Crippen LogP) is -0.0924. The first-order chi connectivity index (χ1) is 6.77. The van der Waals surface area contributed by atoms with Crippen LogP contribution in [-0.4, -0.2) is 47.3 Å². The Hall–Kier alpha value is -0.490. The molecule has 2 N–H and O–H groups in total. The molecule has 0 amide bonds. The van der Waals surface area contributed by atoms with E-state index < -0.39 is 0 Å². The van der Waals surface area contributed by atoms with E-state index in [0.29, 0.717) is 6.54 Å². The van der Waals surface area contributed by atoms with E-state index in [4.69, 9.17) is 0 Å². The number of thiazole rings is 1. The zero-order valence-corrected chi connectivity index (χ0v) is 9.00. The molecule has 1 fully saturated rings. The molecular weight excluding hydrogens is 198 g/mol. The summed E-state index contributed by atoms with van der Waals surface area (Å²) in [4.78, 5) is 6.38. The summed E-state index contributed by atoms with van der Waals surface area (Å²) < 4.78 is 0. The first kappa shape index (κ1) is 10.0. The van der Waals surface area contributed by atoms with Crippen molar-refractivity contribution in [1.82, 2.24) is 15.2 Å². The highest BCUT2D eigenvalue weighted by atomic mass is 32.1. The van der Waals surface area contributed by atoms with E-state index in [1.165, 1.54) is 0 Å². The Morgan fingerprint density at radius 2 is 2.57 bits per heavy atom. The van der Waals surface area contributed by atoms with E-state index in [1.807, 2.05) is 18.6 Å². The van der Waals surface area contributed by atoms with Gasteiger partial charge in [-0.25, -0.2) is 4.98 Å². The van der Waals surface area contributed by atoms with Gasteiger partial charge >= 0.3 is 0 Å². The van der Waals surface area contributed by atoms with Gasteiger partial charge in [0, 0.05) is 30.7 Å². The zero-order valence-electron chi connectivity index (χ0n) is 8.18. The molecule has 0 spiro atoms. The van der Waals surface area contributed by atoms with Crippen molar-refractivity contribution in [3.8, 4) is 0 Å². The van der Waals surface area contributed by atoms with Crippen LogP contribution in [0.2, 0.25) is 0 Å². The summed E-state index contributed by atoms with van der Waals surface area (Å²) in [5.74, 6) is 0. The summed E-state index contributed by atoms with van der Waals surface area (Å²) in [5.41, 5.74) is 0. The van der Waals surface area contributed by atoms with Crippen LogP contribution in [0.3, 0.4) is 0 Å². The molecule has 2 rings (SSSR count). The fourth-order valence-electron chi connectivity index (χ4n) is 1.76. The smallest absolute Gasteiger partial charge is 0.107 e. The van der Waals surface area contributed by atoms with E-state index in [9.17, 15) is 5.11 Å². The van der Waals surface area contributed by atoms with Gasteiger partial charge < -0.3 is 10.4 Å². The van der Waals surface area contributed by atoms with E-state index in [2.05, 4.69) is 15.2 Å². The molecule has 0 radical (unpaired) electrons. The summed E-state index contributed by atoms with van der Waals surface area (Å²) in [6, 6.07) is 0.221. The number of nitrogens with one attached hydrogen (secondary N) is 1.